The number of aliphatic hydroxyl groups is 1. The van der Waals surface area contributed by atoms with E-state index in [9.17, 15) is 33.5 Å². The molecular formula is C34H40FN10O12P2+. The standard InChI is InChI=1S/C34H39FN10O12P2/c1-16(2)29(47)42-34-41-28-23(31(49)43-34)39-15-45(28)33-24(56-58(50)51)17(3)19(54-33)10-11-59(52,53-4)57-25-20(12-46)55-32(21(25)35)44-14-38-22-26(36-13-37-27(22)44)40-30(48)18-8-6-5-7-9-18/h5-9,13-17,19-21,24-25,32-33,46H,10-12H2,1-4H3,(H3-,36,37,40,41,42,43,47,48,49,50,51)/p+1. The van der Waals surface area contributed by atoms with Crippen LogP contribution >= 0.6 is 15.9 Å². The van der Waals surface area contributed by atoms with Crippen molar-refractivity contribution < 1.29 is 56.2 Å². The van der Waals surface area contributed by atoms with Crippen molar-refractivity contribution in [2.24, 2.45) is 11.8 Å². The quantitative estimate of drug-likeness (QED) is 0.0945. The maximum Gasteiger partial charge on any atom is 0.695 e. The summed E-state index contributed by atoms with van der Waals surface area (Å²) < 4.78 is 73.7. The van der Waals surface area contributed by atoms with Crippen LogP contribution in [0.15, 0.2) is 54.1 Å². The van der Waals surface area contributed by atoms with Crippen LogP contribution in [0.25, 0.3) is 22.3 Å². The number of anilines is 2. The van der Waals surface area contributed by atoms with Gasteiger partial charge in [0.05, 0.1) is 31.5 Å². The average Bonchev–Trinajstić information content (AvgIpc) is 3.98. The minimum absolute atomic E-state index is 0.0246. The van der Waals surface area contributed by atoms with Gasteiger partial charge in [-0.25, -0.2) is 24.3 Å². The van der Waals surface area contributed by atoms with Crippen molar-refractivity contribution in [2.45, 2.75) is 70.2 Å². The van der Waals surface area contributed by atoms with E-state index in [2.05, 4.69) is 40.5 Å². The van der Waals surface area contributed by atoms with Crippen LogP contribution in [0.4, 0.5) is 16.2 Å². The Morgan fingerprint density at radius 1 is 1.02 bits per heavy atom. The molecule has 1 aromatic carbocycles. The zero-order chi connectivity index (χ0) is 42.2. The highest BCUT2D eigenvalue weighted by Crippen LogP contribution is 2.54. The third-order valence-corrected chi connectivity index (χ3v) is 12.3. The van der Waals surface area contributed by atoms with Gasteiger partial charge in [-0.1, -0.05) is 39.0 Å². The fourth-order valence-corrected chi connectivity index (χ4v) is 8.91. The number of nitrogens with zero attached hydrogens (tertiary/aromatic N) is 7. The van der Waals surface area contributed by atoms with Crippen LogP contribution in [0.1, 0.15) is 50.0 Å². The third-order valence-electron chi connectivity index (χ3n) is 9.98. The summed E-state index contributed by atoms with van der Waals surface area (Å²) in [7, 11) is -6.25. The molecule has 2 saturated heterocycles. The number of hydrogen-bond acceptors (Lipinski definition) is 16. The van der Waals surface area contributed by atoms with E-state index in [1.54, 1.807) is 51.1 Å². The van der Waals surface area contributed by atoms with Crippen molar-refractivity contribution in [3.05, 3.63) is 65.2 Å². The predicted molar refractivity (Wildman–Crippen MR) is 204 cm³/mol. The molecule has 5 aromatic rings. The van der Waals surface area contributed by atoms with Gasteiger partial charge in [-0.15, -0.1) is 9.42 Å². The number of aromatic amines is 1. The first-order chi connectivity index (χ1) is 28.2. The molecule has 25 heteroatoms. The lowest BCUT2D eigenvalue weighted by atomic mass is 9.99. The fourth-order valence-electron chi connectivity index (χ4n) is 6.84. The number of imidazole rings is 2. The molecule has 6 heterocycles. The van der Waals surface area contributed by atoms with Gasteiger partial charge in [0.25, 0.3) is 11.5 Å². The van der Waals surface area contributed by atoms with Crippen LogP contribution in [-0.4, -0.2) is 111 Å². The first kappa shape index (κ1) is 42.2. The number of amides is 2. The van der Waals surface area contributed by atoms with E-state index in [-0.39, 0.29) is 46.7 Å². The van der Waals surface area contributed by atoms with Crippen LogP contribution < -0.4 is 16.2 Å². The number of aliphatic hydroxyl groups excluding tert-OH is 1. The lowest BCUT2D eigenvalue weighted by Gasteiger charge is -2.25. The number of fused-ring (bicyclic) bond motifs is 2. The molecule has 0 spiro atoms. The highest BCUT2D eigenvalue weighted by molar-refractivity contribution is 7.53. The second-order valence-electron chi connectivity index (χ2n) is 14.0. The van der Waals surface area contributed by atoms with E-state index in [0.29, 0.717) is 5.56 Å². The fraction of sp³-hybridized carbons (Fsp3) is 0.471. The molecule has 0 radical (unpaired) electrons. The average molecular weight is 862 g/mol. The summed E-state index contributed by atoms with van der Waals surface area (Å²) in [5, 5.41) is 15.4. The van der Waals surface area contributed by atoms with Crippen LogP contribution in [-0.2, 0) is 37.0 Å². The van der Waals surface area contributed by atoms with Crippen LogP contribution in [0, 0.1) is 11.8 Å². The maximum atomic E-state index is 16.4. The summed E-state index contributed by atoms with van der Waals surface area (Å²) in [4.78, 5) is 71.3. The van der Waals surface area contributed by atoms with Gasteiger partial charge in [-0.3, -0.25) is 42.9 Å². The summed E-state index contributed by atoms with van der Waals surface area (Å²) in [5.74, 6) is -2.07. The highest BCUT2D eigenvalue weighted by Gasteiger charge is 2.52. The van der Waals surface area contributed by atoms with Gasteiger partial charge in [0, 0.05) is 29.1 Å². The Morgan fingerprint density at radius 3 is 2.39 bits per heavy atom. The molecule has 2 aliphatic rings. The predicted octanol–water partition coefficient (Wildman–Crippen LogP) is 3.22. The molecule has 7 rings (SSSR count). The normalized spacial score (nSPS) is 25.7. The number of halogens is 1. The SMILES string of the molecule is COP(=O)(CCC1OC(n2cnc3c(=O)[nH]c(NC(=O)C(C)C)nc32)C(O[P+](=O)O)C1C)OC1C(CO)OC(n2cnc3c(NC(=O)c4ccccc4)ncnc32)C1F. The number of aromatic nitrogens is 8. The summed E-state index contributed by atoms with van der Waals surface area (Å²) in [6.45, 7) is 4.24. The molecule has 2 fully saturated rings. The lowest BCUT2D eigenvalue weighted by molar-refractivity contribution is -0.118. The second-order valence-corrected chi connectivity index (χ2v) is 17.0. The molecular weight excluding hydrogens is 821 g/mol. The number of carbonyl (C=O) groups is 2. The summed E-state index contributed by atoms with van der Waals surface area (Å²) in [5.41, 5.74) is -0.223. The van der Waals surface area contributed by atoms with Crippen molar-refractivity contribution in [2.75, 3.05) is 30.5 Å². The molecule has 0 bridgehead atoms. The monoisotopic (exact) mass is 861 g/mol. The summed E-state index contributed by atoms with van der Waals surface area (Å²) in [6.07, 6.45) is -6.40. The van der Waals surface area contributed by atoms with E-state index >= 15 is 4.39 Å². The van der Waals surface area contributed by atoms with Gasteiger partial charge >= 0.3 is 15.9 Å². The van der Waals surface area contributed by atoms with E-state index < -0.39 is 94.7 Å². The molecule has 2 amide bonds. The number of benzene rings is 1. The Kier molecular flexibility index (Phi) is 12.4. The molecule has 0 aliphatic carbocycles. The zero-order valence-electron chi connectivity index (χ0n) is 31.8. The molecule has 4 aromatic heterocycles. The van der Waals surface area contributed by atoms with Crippen LogP contribution in [0.3, 0.4) is 0 Å². The van der Waals surface area contributed by atoms with Gasteiger partial charge in [0.15, 0.2) is 52.9 Å². The topological polar surface area (TPSA) is 286 Å². The van der Waals surface area contributed by atoms with E-state index in [0.717, 1.165) is 13.4 Å². The number of hydrogen-bond donors (Lipinski definition) is 5. The number of nitrogens with one attached hydrogen (secondary N) is 3. The highest BCUT2D eigenvalue weighted by atomic mass is 31.2. The largest absolute Gasteiger partial charge is 0.695 e. The Balaban J connectivity index is 1.07. The van der Waals surface area contributed by atoms with Gasteiger partial charge < -0.3 is 24.4 Å². The van der Waals surface area contributed by atoms with Crippen LogP contribution in [0.5, 0.6) is 0 Å². The Bertz CT molecular complexity index is 2470. The van der Waals surface area contributed by atoms with Crippen molar-refractivity contribution in [1.29, 1.82) is 0 Å². The minimum Gasteiger partial charge on any atom is -0.394 e. The van der Waals surface area contributed by atoms with Crippen molar-refractivity contribution in [3.8, 4) is 0 Å². The first-order valence-corrected chi connectivity index (χ1v) is 21.1. The number of H-pyrrole nitrogens is 1. The zero-order valence-corrected chi connectivity index (χ0v) is 33.6. The molecule has 314 valence electrons. The van der Waals surface area contributed by atoms with Gasteiger partial charge in [0.2, 0.25) is 11.9 Å². The number of alkyl halides is 1. The Hall–Kier alpha value is -4.96. The van der Waals surface area contributed by atoms with Crippen molar-refractivity contribution in [3.63, 3.8) is 0 Å². The van der Waals surface area contributed by atoms with Gasteiger partial charge in [-0.2, -0.15) is 4.98 Å². The Morgan fingerprint density at radius 2 is 1.71 bits per heavy atom. The number of carbonyl (C=O) groups excluding carboxylic acids is 2. The maximum absolute atomic E-state index is 16.4. The third kappa shape index (κ3) is 8.56. The first-order valence-electron chi connectivity index (χ1n) is 18.3. The van der Waals surface area contributed by atoms with E-state index in [1.165, 1.54) is 21.8 Å². The minimum atomic E-state index is -4.20. The van der Waals surface area contributed by atoms with Crippen molar-refractivity contribution in [1.82, 2.24) is 39.0 Å². The second kappa shape index (κ2) is 17.3. The Labute approximate surface area is 334 Å². The molecule has 22 nitrogen and oxygen atoms in total. The summed E-state index contributed by atoms with van der Waals surface area (Å²) in [6, 6.07) is 8.39. The van der Waals surface area contributed by atoms with E-state index in [1.807, 2.05) is 0 Å². The van der Waals surface area contributed by atoms with Crippen molar-refractivity contribution >= 4 is 61.8 Å². The molecule has 5 N–H and O–H groups in total. The molecule has 2 aliphatic heterocycles. The molecule has 0 saturated carbocycles. The van der Waals surface area contributed by atoms with Gasteiger partial charge in [0.1, 0.15) is 18.5 Å². The van der Waals surface area contributed by atoms with Crippen LogP contribution in [0.2, 0.25) is 0 Å². The lowest BCUT2D eigenvalue weighted by Crippen LogP contribution is -2.33. The molecule has 10 atom stereocenters. The van der Waals surface area contributed by atoms with E-state index in [4.69, 9.17) is 23.0 Å². The smallest absolute Gasteiger partial charge is 0.394 e. The van der Waals surface area contributed by atoms with Gasteiger partial charge in [-0.05, 0) is 18.6 Å². The number of rotatable bonds is 15. The molecule has 10 unspecified atom stereocenters. The summed E-state index contributed by atoms with van der Waals surface area (Å²) >= 11 is 0. The number of ether oxygens (including phenoxy) is 2. The molecule has 59 heavy (non-hydrogen) atoms.